The number of halogens is 3. The van der Waals surface area contributed by atoms with Gasteiger partial charge in [0.05, 0.1) is 10.4 Å². The van der Waals surface area contributed by atoms with E-state index in [1.165, 1.54) is 6.07 Å². The largest absolute Gasteiger partial charge is 0.265 e. The van der Waals surface area contributed by atoms with Crippen molar-refractivity contribution in [2.45, 2.75) is 11.8 Å². The Morgan fingerprint density at radius 1 is 1.18 bits per heavy atom. The van der Waals surface area contributed by atoms with Gasteiger partial charge >= 0.3 is 0 Å². The second-order valence-electron chi connectivity index (χ2n) is 3.67. The highest BCUT2D eigenvalue weighted by Gasteiger charge is 2.15. The third kappa shape index (κ3) is 2.96. The molecule has 0 radical (unpaired) electrons. The number of pyridine rings is 1. The minimum Gasteiger partial charge on any atom is -0.265 e. The number of nitrogens with zero attached hydrogens (tertiary/aromatic N) is 1. The van der Waals surface area contributed by atoms with Crippen molar-refractivity contribution in [1.29, 1.82) is 0 Å². The Balaban J connectivity index is 2.20. The van der Waals surface area contributed by atoms with Crippen molar-refractivity contribution >= 4 is 23.2 Å². The first-order valence-corrected chi connectivity index (χ1v) is 5.97. The molecule has 1 atom stereocenters. The van der Waals surface area contributed by atoms with Crippen molar-refractivity contribution in [2.24, 2.45) is 0 Å². The van der Waals surface area contributed by atoms with Gasteiger partial charge in [-0.15, -0.1) is 11.6 Å². The van der Waals surface area contributed by atoms with Gasteiger partial charge in [-0.05, 0) is 30.2 Å². The van der Waals surface area contributed by atoms with E-state index in [0.29, 0.717) is 12.0 Å². The van der Waals surface area contributed by atoms with Crippen LogP contribution in [0.15, 0.2) is 42.7 Å². The van der Waals surface area contributed by atoms with Crippen LogP contribution in [0.2, 0.25) is 5.02 Å². The van der Waals surface area contributed by atoms with Crippen LogP contribution < -0.4 is 0 Å². The molecule has 4 heteroatoms. The summed E-state index contributed by atoms with van der Waals surface area (Å²) in [6, 6.07) is 8.58. The van der Waals surface area contributed by atoms with Crippen LogP contribution in [0.1, 0.15) is 16.5 Å². The minimum atomic E-state index is -0.441. The first-order valence-electron chi connectivity index (χ1n) is 5.15. The molecule has 2 rings (SSSR count). The van der Waals surface area contributed by atoms with E-state index in [1.807, 2.05) is 12.1 Å². The zero-order chi connectivity index (χ0) is 12.3. The molecule has 0 spiro atoms. The fourth-order valence-corrected chi connectivity index (χ4v) is 2.13. The molecule has 17 heavy (non-hydrogen) atoms. The molecule has 0 N–H and O–H groups in total. The molecule has 1 unspecified atom stereocenters. The second-order valence-corrected chi connectivity index (χ2v) is 4.60. The summed E-state index contributed by atoms with van der Waals surface area (Å²) in [4.78, 5) is 3.92. The summed E-state index contributed by atoms with van der Waals surface area (Å²) in [7, 11) is 0. The van der Waals surface area contributed by atoms with Crippen molar-refractivity contribution in [3.8, 4) is 0 Å². The second kappa shape index (κ2) is 5.48. The maximum Gasteiger partial charge on any atom is 0.146 e. The van der Waals surface area contributed by atoms with Gasteiger partial charge in [-0.1, -0.05) is 23.7 Å². The molecule has 1 aromatic heterocycles. The Morgan fingerprint density at radius 2 is 1.88 bits per heavy atom. The summed E-state index contributed by atoms with van der Waals surface area (Å²) in [5.41, 5.74) is 1.44. The van der Waals surface area contributed by atoms with Crippen LogP contribution in [0, 0.1) is 5.82 Å². The first-order chi connectivity index (χ1) is 8.18. The highest BCUT2D eigenvalue weighted by atomic mass is 35.5. The lowest BCUT2D eigenvalue weighted by Crippen LogP contribution is -1.99. The summed E-state index contributed by atoms with van der Waals surface area (Å²) >= 11 is 11.9. The van der Waals surface area contributed by atoms with E-state index in [-0.39, 0.29) is 5.02 Å². The average molecular weight is 270 g/mol. The van der Waals surface area contributed by atoms with Gasteiger partial charge in [0.25, 0.3) is 0 Å². The lowest BCUT2D eigenvalue weighted by atomic mass is 10.0. The molecule has 88 valence electrons. The normalized spacial score (nSPS) is 12.4. The Hall–Kier alpha value is -1.12. The van der Waals surface area contributed by atoms with E-state index in [0.717, 1.165) is 5.56 Å². The molecular weight excluding hydrogens is 260 g/mol. The first kappa shape index (κ1) is 12.3. The van der Waals surface area contributed by atoms with Crippen LogP contribution in [0.5, 0.6) is 0 Å². The van der Waals surface area contributed by atoms with Gasteiger partial charge < -0.3 is 0 Å². The monoisotopic (exact) mass is 269 g/mol. The summed E-state index contributed by atoms with van der Waals surface area (Å²) < 4.78 is 13.7. The molecule has 0 aliphatic carbocycles. The van der Waals surface area contributed by atoms with Crippen LogP contribution in [0.3, 0.4) is 0 Å². The SMILES string of the molecule is Fc1c(Cl)cccc1C(Cl)Cc1ccncc1. The van der Waals surface area contributed by atoms with Gasteiger partial charge in [-0.2, -0.15) is 0 Å². The Labute approximate surface area is 109 Å². The number of rotatable bonds is 3. The summed E-state index contributed by atoms with van der Waals surface area (Å²) in [5, 5.41) is -0.334. The molecule has 1 nitrogen and oxygen atoms in total. The van der Waals surface area contributed by atoms with Crippen molar-refractivity contribution < 1.29 is 4.39 Å². The lowest BCUT2D eigenvalue weighted by Gasteiger charge is -2.11. The molecular formula is C13H10Cl2FN. The number of benzene rings is 1. The Morgan fingerprint density at radius 3 is 2.59 bits per heavy atom. The lowest BCUT2D eigenvalue weighted by molar-refractivity contribution is 0.606. The minimum absolute atomic E-state index is 0.0999. The van der Waals surface area contributed by atoms with Crippen LogP contribution in [0.4, 0.5) is 4.39 Å². The Kier molecular flexibility index (Phi) is 3.97. The highest BCUT2D eigenvalue weighted by molar-refractivity contribution is 6.31. The van der Waals surface area contributed by atoms with Gasteiger partial charge in [0.1, 0.15) is 5.82 Å². The number of hydrogen-bond acceptors (Lipinski definition) is 1. The van der Waals surface area contributed by atoms with Crippen LogP contribution in [-0.4, -0.2) is 4.98 Å². The van der Waals surface area contributed by atoms with Crippen LogP contribution >= 0.6 is 23.2 Å². The Bertz CT molecular complexity index is 502. The quantitative estimate of drug-likeness (QED) is 0.753. The number of hydrogen-bond donors (Lipinski definition) is 0. The van der Waals surface area contributed by atoms with E-state index in [2.05, 4.69) is 4.98 Å². The van der Waals surface area contributed by atoms with Gasteiger partial charge in [-0.3, -0.25) is 4.98 Å². The van der Waals surface area contributed by atoms with Crippen molar-refractivity contribution in [1.82, 2.24) is 4.98 Å². The fourth-order valence-electron chi connectivity index (χ4n) is 1.60. The zero-order valence-electron chi connectivity index (χ0n) is 8.91. The summed E-state index contributed by atoms with van der Waals surface area (Å²) in [6.45, 7) is 0. The molecule has 1 heterocycles. The van der Waals surface area contributed by atoms with Crippen LogP contribution in [0.25, 0.3) is 0 Å². The van der Waals surface area contributed by atoms with Gasteiger partial charge in [0.2, 0.25) is 0 Å². The van der Waals surface area contributed by atoms with Gasteiger partial charge in [-0.25, -0.2) is 4.39 Å². The van der Waals surface area contributed by atoms with E-state index >= 15 is 0 Å². The van der Waals surface area contributed by atoms with Crippen molar-refractivity contribution in [3.05, 3.63) is 64.7 Å². The third-order valence-electron chi connectivity index (χ3n) is 2.48. The molecule has 0 fully saturated rings. The molecule has 0 saturated heterocycles. The maximum absolute atomic E-state index is 13.7. The smallest absolute Gasteiger partial charge is 0.146 e. The number of aromatic nitrogens is 1. The molecule has 2 aromatic rings. The average Bonchev–Trinajstić information content (AvgIpc) is 2.34. The molecule has 0 aliphatic heterocycles. The fraction of sp³-hybridized carbons (Fsp3) is 0.154. The highest BCUT2D eigenvalue weighted by Crippen LogP contribution is 2.30. The summed E-state index contributed by atoms with van der Waals surface area (Å²) in [5.74, 6) is -0.441. The molecule has 0 aliphatic rings. The standard InChI is InChI=1S/C13H10Cl2FN/c14-11-3-1-2-10(13(11)16)12(15)8-9-4-6-17-7-5-9/h1-7,12H,8H2. The topological polar surface area (TPSA) is 12.9 Å². The third-order valence-corrected chi connectivity index (χ3v) is 3.16. The van der Waals surface area contributed by atoms with E-state index < -0.39 is 11.2 Å². The van der Waals surface area contributed by atoms with E-state index in [9.17, 15) is 4.39 Å². The molecule has 0 saturated carbocycles. The maximum atomic E-state index is 13.7. The van der Waals surface area contributed by atoms with E-state index in [1.54, 1.807) is 24.5 Å². The molecule has 0 amide bonds. The van der Waals surface area contributed by atoms with Crippen molar-refractivity contribution in [2.75, 3.05) is 0 Å². The predicted octanol–water partition coefficient (Wildman–Crippen LogP) is 4.40. The van der Waals surface area contributed by atoms with Gasteiger partial charge in [0, 0.05) is 18.0 Å². The van der Waals surface area contributed by atoms with E-state index in [4.69, 9.17) is 23.2 Å². The van der Waals surface area contributed by atoms with Crippen molar-refractivity contribution in [3.63, 3.8) is 0 Å². The van der Waals surface area contributed by atoms with Crippen LogP contribution in [-0.2, 0) is 6.42 Å². The molecule has 1 aromatic carbocycles. The van der Waals surface area contributed by atoms with Gasteiger partial charge in [0.15, 0.2) is 0 Å². The summed E-state index contributed by atoms with van der Waals surface area (Å²) in [6.07, 6.45) is 3.92. The zero-order valence-corrected chi connectivity index (χ0v) is 10.4. The predicted molar refractivity (Wildman–Crippen MR) is 67.9 cm³/mol. The molecule has 0 bridgehead atoms. The number of alkyl halides is 1.